The number of nitrogens with one attached hydrogen (secondary N) is 1. The van der Waals surface area contributed by atoms with E-state index < -0.39 is 0 Å². The number of aryl methyl sites for hydroxylation is 1. The molecule has 1 amide bonds. The quantitative estimate of drug-likeness (QED) is 0.807. The van der Waals surface area contributed by atoms with Gasteiger partial charge in [0.05, 0.1) is 17.3 Å². The summed E-state index contributed by atoms with van der Waals surface area (Å²) in [5, 5.41) is 2.87. The van der Waals surface area contributed by atoms with Crippen molar-refractivity contribution in [3.05, 3.63) is 56.5 Å². The molecule has 3 nitrogen and oxygen atoms in total. The average molecular weight is 399 g/mol. The number of halogens is 2. The zero-order valence-corrected chi connectivity index (χ0v) is 14.2. The summed E-state index contributed by atoms with van der Waals surface area (Å²) in [5.74, 6) is 0.524. The first-order valence-electron chi connectivity index (χ1n) is 5.92. The average Bonchev–Trinajstić information content (AvgIpc) is 2.41. The van der Waals surface area contributed by atoms with Gasteiger partial charge >= 0.3 is 0 Å². The van der Waals surface area contributed by atoms with E-state index in [1.54, 1.807) is 25.3 Å². The summed E-state index contributed by atoms with van der Waals surface area (Å²) < 4.78 is 6.75. The first-order valence-corrected chi connectivity index (χ1v) is 7.51. The molecule has 0 heterocycles. The Labute approximate surface area is 134 Å². The standard InChI is InChI=1S/C15H13Br2NO2/c1-9-3-5-13(11(16)7-9)18-15(19)10-4-6-14(20-2)12(17)8-10/h3-8H,1-2H3,(H,18,19). The molecule has 0 aromatic heterocycles. The summed E-state index contributed by atoms with van der Waals surface area (Å²) in [7, 11) is 1.59. The van der Waals surface area contributed by atoms with Gasteiger partial charge in [-0.1, -0.05) is 6.07 Å². The highest BCUT2D eigenvalue weighted by Crippen LogP contribution is 2.27. The number of amides is 1. The molecular formula is C15H13Br2NO2. The Balaban J connectivity index is 2.21. The number of hydrogen-bond donors (Lipinski definition) is 1. The molecule has 0 saturated heterocycles. The van der Waals surface area contributed by atoms with E-state index in [1.165, 1.54) is 0 Å². The lowest BCUT2D eigenvalue weighted by Gasteiger charge is -2.09. The predicted octanol–water partition coefficient (Wildman–Crippen LogP) is 4.78. The van der Waals surface area contributed by atoms with Crippen molar-refractivity contribution >= 4 is 43.5 Å². The first-order chi connectivity index (χ1) is 9.51. The SMILES string of the molecule is COc1ccc(C(=O)Nc2ccc(C)cc2Br)cc1Br. The minimum atomic E-state index is -0.169. The van der Waals surface area contributed by atoms with Gasteiger partial charge in [0, 0.05) is 10.0 Å². The summed E-state index contributed by atoms with van der Waals surface area (Å²) in [5.41, 5.74) is 2.43. The van der Waals surface area contributed by atoms with Crippen molar-refractivity contribution in [1.29, 1.82) is 0 Å². The van der Waals surface area contributed by atoms with Crippen molar-refractivity contribution in [2.45, 2.75) is 6.92 Å². The maximum atomic E-state index is 12.2. The number of rotatable bonds is 3. The molecule has 0 aliphatic heterocycles. The molecular weight excluding hydrogens is 386 g/mol. The number of carbonyl (C=O) groups excluding carboxylic acids is 1. The third-order valence-corrected chi connectivity index (χ3v) is 4.06. The van der Waals surface area contributed by atoms with E-state index in [-0.39, 0.29) is 5.91 Å². The van der Waals surface area contributed by atoms with Crippen molar-refractivity contribution in [1.82, 2.24) is 0 Å². The van der Waals surface area contributed by atoms with E-state index in [4.69, 9.17) is 4.74 Å². The highest BCUT2D eigenvalue weighted by molar-refractivity contribution is 9.11. The van der Waals surface area contributed by atoms with E-state index in [1.807, 2.05) is 25.1 Å². The highest BCUT2D eigenvalue weighted by atomic mass is 79.9. The summed E-state index contributed by atoms with van der Waals surface area (Å²) in [6.45, 7) is 2.00. The lowest BCUT2D eigenvalue weighted by Crippen LogP contribution is -2.12. The minimum Gasteiger partial charge on any atom is -0.496 e. The molecule has 0 aliphatic carbocycles. The lowest BCUT2D eigenvalue weighted by molar-refractivity contribution is 0.102. The second kappa shape index (κ2) is 6.41. The second-order valence-corrected chi connectivity index (χ2v) is 6.00. The van der Waals surface area contributed by atoms with Crippen LogP contribution in [-0.2, 0) is 0 Å². The van der Waals surface area contributed by atoms with Gasteiger partial charge in [-0.3, -0.25) is 4.79 Å². The fourth-order valence-corrected chi connectivity index (χ4v) is 2.86. The van der Waals surface area contributed by atoms with Crippen LogP contribution in [0.15, 0.2) is 45.3 Å². The smallest absolute Gasteiger partial charge is 0.255 e. The molecule has 2 rings (SSSR count). The monoisotopic (exact) mass is 397 g/mol. The summed E-state index contributed by atoms with van der Waals surface area (Å²) in [4.78, 5) is 12.2. The van der Waals surface area contributed by atoms with E-state index in [0.29, 0.717) is 11.3 Å². The Bertz CT molecular complexity index is 656. The maximum absolute atomic E-state index is 12.2. The van der Waals surface area contributed by atoms with Gasteiger partial charge in [0.15, 0.2) is 0 Å². The second-order valence-electron chi connectivity index (χ2n) is 4.29. The summed E-state index contributed by atoms with van der Waals surface area (Å²) >= 11 is 6.81. The third-order valence-electron chi connectivity index (χ3n) is 2.79. The molecule has 2 aromatic rings. The van der Waals surface area contributed by atoms with Crippen molar-refractivity contribution in [2.24, 2.45) is 0 Å². The van der Waals surface area contributed by atoms with Crippen molar-refractivity contribution < 1.29 is 9.53 Å². The number of hydrogen-bond acceptors (Lipinski definition) is 2. The zero-order valence-electron chi connectivity index (χ0n) is 11.0. The number of methoxy groups -OCH3 is 1. The van der Waals surface area contributed by atoms with Gasteiger partial charge in [-0.2, -0.15) is 0 Å². The van der Waals surface area contributed by atoms with Gasteiger partial charge in [0.25, 0.3) is 5.91 Å². The molecule has 0 unspecified atom stereocenters. The molecule has 5 heteroatoms. The van der Waals surface area contributed by atoms with Crippen LogP contribution in [0.5, 0.6) is 5.75 Å². The first kappa shape index (κ1) is 15.1. The molecule has 104 valence electrons. The number of anilines is 1. The van der Waals surface area contributed by atoms with Crippen LogP contribution in [0, 0.1) is 6.92 Å². The van der Waals surface area contributed by atoms with Crippen LogP contribution in [0.2, 0.25) is 0 Å². The maximum Gasteiger partial charge on any atom is 0.255 e. The molecule has 0 spiro atoms. The van der Waals surface area contributed by atoms with Crippen LogP contribution in [0.1, 0.15) is 15.9 Å². The molecule has 0 aliphatic rings. The van der Waals surface area contributed by atoms with Crippen molar-refractivity contribution in [3.63, 3.8) is 0 Å². The van der Waals surface area contributed by atoms with Gasteiger partial charge in [-0.15, -0.1) is 0 Å². The van der Waals surface area contributed by atoms with Gasteiger partial charge < -0.3 is 10.1 Å². The van der Waals surface area contributed by atoms with Crippen LogP contribution in [0.4, 0.5) is 5.69 Å². The van der Waals surface area contributed by atoms with Crippen molar-refractivity contribution in [2.75, 3.05) is 12.4 Å². The third kappa shape index (κ3) is 3.41. The van der Waals surface area contributed by atoms with E-state index in [0.717, 1.165) is 20.2 Å². The molecule has 0 saturated carbocycles. The number of benzene rings is 2. The Morgan fingerprint density at radius 3 is 2.45 bits per heavy atom. The highest BCUT2D eigenvalue weighted by Gasteiger charge is 2.10. The Hall–Kier alpha value is -1.33. The normalized spacial score (nSPS) is 10.2. The fourth-order valence-electron chi connectivity index (χ4n) is 1.72. The number of carbonyl (C=O) groups is 1. The van der Waals surface area contributed by atoms with Crippen LogP contribution in [0.3, 0.4) is 0 Å². The lowest BCUT2D eigenvalue weighted by atomic mass is 10.2. The minimum absolute atomic E-state index is 0.169. The van der Waals surface area contributed by atoms with E-state index in [2.05, 4.69) is 37.2 Å². The summed E-state index contributed by atoms with van der Waals surface area (Å²) in [6.07, 6.45) is 0. The predicted molar refractivity (Wildman–Crippen MR) is 87.5 cm³/mol. The Morgan fingerprint density at radius 2 is 1.85 bits per heavy atom. The van der Waals surface area contributed by atoms with Gasteiger partial charge in [0.1, 0.15) is 5.75 Å². The Morgan fingerprint density at radius 1 is 1.10 bits per heavy atom. The van der Waals surface area contributed by atoms with Crippen LogP contribution >= 0.6 is 31.9 Å². The molecule has 0 fully saturated rings. The molecule has 0 bridgehead atoms. The molecule has 20 heavy (non-hydrogen) atoms. The Kier molecular flexibility index (Phi) is 4.83. The zero-order chi connectivity index (χ0) is 14.7. The van der Waals surface area contributed by atoms with Gasteiger partial charge in [-0.25, -0.2) is 0 Å². The molecule has 0 atom stereocenters. The summed E-state index contributed by atoms with van der Waals surface area (Å²) in [6, 6.07) is 11.0. The van der Waals surface area contributed by atoms with Crippen LogP contribution in [-0.4, -0.2) is 13.0 Å². The van der Waals surface area contributed by atoms with E-state index in [9.17, 15) is 4.79 Å². The molecule has 2 aromatic carbocycles. The van der Waals surface area contributed by atoms with E-state index >= 15 is 0 Å². The van der Waals surface area contributed by atoms with Crippen LogP contribution < -0.4 is 10.1 Å². The largest absolute Gasteiger partial charge is 0.496 e. The molecule has 0 radical (unpaired) electrons. The topological polar surface area (TPSA) is 38.3 Å². The molecule has 1 N–H and O–H groups in total. The van der Waals surface area contributed by atoms with Gasteiger partial charge in [0.2, 0.25) is 0 Å². The van der Waals surface area contributed by atoms with Crippen LogP contribution in [0.25, 0.3) is 0 Å². The fraction of sp³-hybridized carbons (Fsp3) is 0.133. The van der Waals surface area contributed by atoms with Gasteiger partial charge in [-0.05, 0) is 74.7 Å². The number of ether oxygens (including phenoxy) is 1. The van der Waals surface area contributed by atoms with Crippen molar-refractivity contribution in [3.8, 4) is 5.75 Å².